The van der Waals surface area contributed by atoms with Crippen molar-refractivity contribution in [3.8, 4) is 0 Å². The first kappa shape index (κ1) is 15.1. The van der Waals surface area contributed by atoms with Crippen LogP contribution < -0.4 is 5.32 Å². The third-order valence-corrected chi connectivity index (χ3v) is 3.86. The minimum atomic E-state index is -0.124. The molecule has 4 rings (SSSR count). The maximum atomic E-state index is 12.4. The second-order valence-electron chi connectivity index (χ2n) is 5.67. The molecule has 0 atom stereocenters. The smallest absolute Gasteiger partial charge is 0.251 e. The molecule has 0 bridgehead atoms. The van der Waals surface area contributed by atoms with Crippen LogP contribution in [-0.2, 0) is 13.1 Å². The summed E-state index contributed by atoms with van der Waals surface area (Å²) in [6, 6.07) is 15.0. The van der Waals surface area contributed by atoms with Crippen molar-refractivity contribution < 1.29 is 9.42 Å². The van der Waals surface area contributed by atoms with Gasteiger partial charge in [0.25, 0.3) is 5.91 Å². The second kappa shape index (κ2) is 6.56. The first-order valence-corrected chi connectivity index (χ1v) is 7.84. The number of amides is 1. The lowest BCUT2D eigenvalue weighted by Gasteiger charge is -2.07. The predicted octanol–water partition coefficient (Wildman–Crippen LogP) is 2.40. The van der Waals surface area contributed by atoms with E-state index in [0.717, 1.165) is 11.1 Å². The zero-order valence-corrected chi connectivity index (χ0v) is 13.3. The van der Waals surface area contributed by atoms with Crippen molar-refractivity contribution >= 4 is 16.9 Å². The van der Waals surface area contributed by atoms with E-state index in [4.69, 9.17) is 0 Å². The monoisotopic (exact) mass is 333 g/mol. The summed E-state index contributed by atoms with van der Waals surface area (Å²) in [4.78, 5) is 12.4. The van der Waals surface area contributed by atoms with Gasteiger partial charge in [0.1, 0.15) is 11.0 Å². The molecule has 124 valence electrons. The number of rotatable bonds is 5. The molecule has 0 unspecified atom stereocenters. The molecular formula is C18H15N5O2. The van der Waals surface area contributed by atoms with Crippen LogP contribution >= 0.6 is 0 Å². The summed E-state index contributed by atoms with van der Waals surface area (Å²) in [5, 5.41) is 14.7. The molecule has 7 heteroatoms. The fourth-order valence-electron chi connectivity index (χ4n) is 2.61. The topological polar surface area (TPSA) is 85.8 Å². The molecule has 1 amide bonds. The first-order chi connectivity index (χ1) is 12.3. The van der Waals surface area contributed by atoms with E-state index in [1.54, 1.807) is 12.3 Å². The number of fused-ring (bicyclic) bond motifs is 1. The van der Waals surface area contributed by atoms with Gasteiger partial charge in [0.2, 0.25) is 0 Å². The highest BCUT2D eigenvalue weighted by atomic mass is 16.6. The van der Waals surface area contributed by atoms with E-state index < -0.39 is 0 Å². The Kier molecular flexibility index (Phi) is 3.96. The zero-order valence-electron chi connectivity index (χ0n) is 13.3. The summed E-state index contributed by atoms with van der Waals surface area (Å²) < 4.78 is 6.49. The van der Waals surface area contributed by atoms with Crippen molar-refractivity contribution in [3.05, 3.63) is 77.6 Å². The van der Waals surface area contributed by atoms with Crippen LogP contribution in [0.15, 0.2) is 65.6 Å². The third kappa shape index (κ3) is 3.40. The zero-order chi connectivity index (χ0) is 17.1. The number of benzene rings is 2. The van der Waals surface area contributed by atoms with Gasteiger partial charge in [0, 0.05) is 24.5 Å². The highest BCUT2D eigenvalue weighted by Crippen LogP contribution is 2.12. The van der Waals surface area contributed by atoms with Crippen molar-refractivity contribution in [2.75, 3.05) is 0 Å². The molecule has 7 nitrogen and oxygen atoms in total. The van der Waals surface area contributed by atoms with E-state index in [1.165, 1.54) is 0 Å². The van der Waals surface area contributed by atoms with E-state index in [-0.39, 0.29) is 5.91 Å². The van der Waals surface area contributed by atoms with Gasteiger partial charge in [0.05, 0.1) is 6.54 Å². The standard InChI is InChI=1S/C18H15N5O2/c24-18(19-11-13-5-6-16-17(10-13)22-25-21-16)15-4-1-3-14(9-15)12-23-8-2-7-20-23/h1-10H,11-12H2,(H,19,24). The summed E-state index contributed by atoms with van der Waals surface area (Å²) in [6.07, 6.45) is 3.62. The summed E-state index contributed by atoms with van der Waals surface area (Å²) in [7, 11) is 0. The highest BCUT2D eigenvalue weighted by Gasteiger charge is 2.08. The van der Waals surface area contributed by atoms with Crippen molar-refractivity contribution in [2.45, 2.75) is 13.1 Å². The molecule has 0 fully saturated rings. The molecular weight excluding hydrogens is 318 g/mol. The van der Waals surface area contributed by atoms with Crippen molar-refractivity contribution in [1.82, 2.24) is 25.4 Å². The van der Waals surface area contributed by atoms with E-state index in [9.17, 15) is 4.79 Å². The van der Waals surface area contributed by atoms with Crippen molar-refractivity contribution in [2.24, 2.45) is 0 Å². The van der Waals surface area contributed by atoms with Crippen molar-refractivity contribution in [1.29, 1.82) is 0 Å². The van der Waals surface area contributed by atoms with Crippen LogP contribution in [0.4, 0.5) is 0 Å². The minimum Gasteiger partial charge on any atom is -0.348 e. The van der Waals surface area contributed by atoms with Crippen LogP contribution in [-0.4, -0.2) is 26.0 Å². The Morgan fingerprint density at radius 2 is 1.96 bits per heavy atom. The van der Waals surface area contributed by atoms with Crippen LogP contribution in [0.2, 0.25) is 0 Å². The number of carbonyl (C=O) groups excluding carboxylic acids is 1. The maximum absolute atomic E-state index is 12.4. The van der Waals surface area contributed by atoms with Gasteiger partial charge in [-0.2, -0.15) is 5.10 Å². The van der Waals surface area contributed by atoms with E-state index in [2.05, 4.69) is 25.4 Å². The molecule has 0 aliphatic heterocycles. The number of hydrogen-bond donors (Lipinski definition) is 1. The summed E-state index contributed by atoms with van der Waals surface area (Å²) in [5.41, 5.74) is 3.94. The number of carbonyl (C=O) groups is 1. The Bertz CT molecular complexity index is 1010. The molecule has 0 saturated carbocycles. The lowest BCUT2D eigenvalue weighted by atomic mass is 10.1. The van der Waals surface area contributed by atoms with Crippen molar-refractivity contribution in [3.63, 3.8) is 0 Å². The van der Waals surface area contributed by atoms with Gasteiger partial charge in [0.15, 0.2) is 0 Å². The van der Waals surface area contributed by atoms with Crippen LogP contribution in [0.3, 0.4) is 0 Å². The van der Waals surface area contributed by atoms with Gasteiger partial charge in [-0.3, -0.25) is 9.48 Å². The summed E-state index contributed by atoms with van der Waals surface area (Å²) in [5.74, 6) is -0.124. The van der Waals surface area contributed by atoms with E-state index in [0.29, 0.717) is 29.7 Å². The van der Waals surface area contributed by atoms with Crippen LogP contribution in [0.25, 0.3) is 11.0 Å². The molecule has 2 heterocycles. The fourth-order valence-corrected chi connectivity index (χ4v) is 2.61. The first-order valence-electron chi connectivity index (χ1n) is 7.84. The summed E-state index contributed by atoms with van der Waals surface area (Å²) >= 11 is 0. The molecule has 0 saturated heterocycles. The van der Waals surface area contributed by atoms with Gasteiger partial charge >= 0.3 is 0 Å². The van der Waals surface area contributed by atoms with Gasteiger partial charge < -0.3 is 5.32 Å². The molecule has 4 aromatic rings. The van der Waals surface area contributed by atoms with Gasteiger partial charge in [-0.15, -0.1) is 0 Å². The molecule has 0 aliphatic carbocycles. The number of aromatic nitrogens is 4. The minimum absolute atomic E-state index is 0.124. The Morgan fingerprint density at radius 3 is 2.84 bits per heavy atom. The van der Waals surface area contributed by atoms with Crippen LogP contribution in [0, 0.1) is 0 Å². The molecule has 0 aliphatic rings. The number of nitrogens with zero attached hydrogens (tertiary/aromatic N) is 4. The second-order valence-corrected chi connectivity index (χ2v) is 5.67. The lowest BCUT2D eigenvalue weighted by molar-refractivity contribution is 0.0951. The highest BCUT2D eigenvalue weighted by molar-refractivity contribution is 5.94. The number of nitrogens with one attached hydrogen (secondary N) is 1. The Balaban J connectivity index is 1.43. The fraction of sp³-hybridized carbons (Fsp3) is 0.111. The molecule has 0 radical (unpaired) electrons. The van der Waals surface area contributed by atoms with E-state index >= 15 is 0 Å². The van der Waals surface area contributed by atoms with E-state index in [1.807, 2.05) is 53.3 Å². The summed E-state index contributed by atoms with van der Waals surface area (Å²) in [6.45, 7) is 1.04. The van der Waals surface area contributed by atoms with Crippen LogP contribution in [0.5, 0.6) is 0 Å². The average Bonchev–Trinajstić information content (AvgIpc) is 3.31. The molecule has 2 aromatic heterocycles. The Labute approximate surface area is 143 Å². The maximum Gasteiger partial charge on any atom is 0.251 e. The average molecular weight is 333 g/mol. The number of hydrogen-bond acceptors (Lipinski definition) is 5. The molecule has 2 aromatic carbocycles. The van der Waals surface area contributed by atoms with Gasteiger partial charge in [-0.05, 0) is 51.8 Å². The Morgan fingerprint density at radius 1 is 1.04 bits per heavy atom. The third-order valence-electron chi connectivity index (χ3n) is 3.86. The molecule has 0 spiro atoms. The Hall–Kier alpha value is -3.48. The SMILES string of the molecule is O=C(NCc1ccc2nonc2c1)c1cccc(Cn2cccn2)c1. The molecule has 25 heavy (non-hydrogen) atoms. The predicted molar refractivity (Wildman–Crippen MR) is 90.7 cm³/mol. The van der Waals surface area contributed by atoms with Gasteiger partial charge in [-0.1, -0.05) is 18.2 Å². The van der Waals surface area contributed by atoms with Crippen LogP contribution in [0.1, 0.15) is 21.5 Å². The molecule has 1 N–H and O–H groups in total. The quantitative estimate of drug-likeness (QED) is 0.606. The lowest BCUT2D eigenvalue weighted by Crippen LogP contribution is -2.22. The normalized spacial score (nSPS) is 10.9. The largest absolute Gasteiger partial charge is 0.348 e. The van der Waals surface area contributed by atoms with Gasteiger partial charge in [-0.25, -0.2) is 4.63 Å².